The lowest BCUT2D eigenvalue weighted by Gasteiger charge is -2.19. The van der Waals surface area contributed by atoms with Gasteiger partial charge in [0.25, 0.3) is 0 Å². The van der Waals surface area contributed by atoms with E-state index in [9.17, 15) is 4.79 Å². The summed E-state index contributed by atoms with van der Waals surface area (Å²) in [6.45, 7) is 2.36. The average Bonchev–Trinajstić information content (AvgIpc) is 1.87. The highest BCUT2D eigenvalue weighted by Gasteiger charge is 2.04. The number of carbonyl (C=O) groups is 1. The summed E-state index contributed by atoms with van der Waals surface area (Å²) in [7, 11) is 1.80. The first-order valence-electron chi connectivity index (χ1n) is 2.97. The molecule has 0 spiro atoms. The standard InChI is InChI=1S/C6H13NO2/c1-6(5-9)7(2)3-4-8/h4,6,9H,3,5H2,1-2H3/t6-/m1/s1. The van der Waals surface area contributed by atoms with E-state index in [2.05, 4.69) is 0 Å². The van der Waals surface area contributed by atoms with Gasteiger partial charge in [0.2, 0.25) is 0 Å². The zero-order valence-electron chi connectivity index (χ0n) is 5.87. The van der Waals surface area contributed by atoms with Gasteiger partial charge in [0.1, 0.15) is 6.29 Å². The van der Waals surface area contributed by atoms with Crippen molar-refractivity contribution in [2.75, 3.05) is 20.2 Å². The zero-order chi connectivity index (χ0) is 7.28. The van der Waals surface area contributed by atoms with E-state index < -0.39 is 0 Å². The summed E-state index contributed by atoms with van der Waals surface area (Å²) in [6, 6.07) is 0.0789. The molecular weight excluding hydrogens is 118 g/mol. The molecule has 0 amide bonds. The molecule has 1 N–H and O–H groups in total. The molecule has 0 aliphatic carbocycles. The van der Waals surface area contributed by atoms with Gasteiger partial charge >= 0.3 is 0 Å². The lowest BCUT2D eigenvalue weighted by molar-refractivity contribution is -0.109. The van der Waals surface area contributed by atoms with Gasteiger partial charge in [-0.2, -0.15) is 0 Å². The number of likely N-dealkylation sites (N-methyl/N-ethyl adjacent to an activating group) is 1. The molecule has 0 aliphatic rings. The molecule has 0 saturated heterocycles. The molecule has 9 heavy (non-hydrogen) atoms. The molecule has 0 aromatic carbocycles. The van der Waals surface area contributed by atoms with Gasteiger partial charge in [-0.1, -0.05) is 0 Å². The summed E-state index contributed by atoms with van der Waals surface area (Å²) >= 11 is 0. The van der Waals surface area contributed by atoms with E-state index in [1.165, 1.54) is 0 Å². The van der Waals surface area contributed by atoms with Crippen LogP contribution in [0.3, 0.4) is 0 Å². The maximum atomic E-state index is 9.91. The molecule has 0 aromatic heterocycles. The van der Waals surface area contributed by atoms with Crippen molar-refractivity contribution in [3.8, 4) is 0 Å². The average molecular weight is 131 g/mol. The normalized spacial score (nSPS) is 13.8. The van der Waals surface area contributed by atoms with Crippen LogP contribution in [0.25, 0.3) is 0 Å². The van der Waals surface area contributed by atoms with Crippen molar-refractivity contribution in [2.45, 2.75) is 13.0 Å². The number of carbonyl (C=O) groups excluding carboxylic acids is 1. The fourth-order valence-corrected chi connectivity index (χ4v) is 0.437. The van der Waals surface area contributed by atoms with E-state index in [-0.39, 0.29) is 12.6 Å². The smallest absolute Gasteiger partial charge is 0.133 e. The molecule has 0 rings (SSSR count). The Hall–Kier alpha value is -0.410. The monoisotopic (exact) mass is 131 g/mol. The third kappa shape index (κ3) is 3.21. The first-order valence-corrected chi connectivity index (χ1v) is 2.97. The van der Waals surface area contributed by atoms with Gasteiger partial charge in [0.15, 0.2) is 0 Å². The minimum Gasteiger partial charge on any atom is -0.395 e. The van der Waals surface area contributed by atoms with Gasteiger partial charge in [-0.25, -0.2) is 0 Å². The molecule has 0 heterocycles. The molecule has 3 nitrogen and oxygen atoms in total. The van der Waals surface area contributed by atoms with Crippen molar-refractivity contribution in [3.63, 3.8) is 0 Å². The van der Waals surface area contributed by atoms with Crippen LogP contribution in [0.2, 0.25) is 0 Å². The number of aliphatic hydroxyl groups is 1. The maximum absolute atomic E-state index is 9.91. The Morgan fingerprint density at radius 1 is 1.78 bits per heavy atom. The quantitative estimate of drug-likeness (QED) is 0.523. The number of nitrogens with zero attached hydrogens (tertiary/aromatic N) is 1. The van der Waals surface area contributed by atoms with E-state index in [1.54, 1.807) is 11.9 Å². The molecule has 0 aromatic rings. The van der Waals surface area contributed by atoms with Crippen LogP contribution in [0.1, 0.15) is 6.92 Å². The molecule has 0 saturated carbocycles. The van der Waals surface area contributed by atoms with Crippen LogP contribution < -0.4 is 0 Å². The van der Waals surface area contributed by atoms with Crippen molar-refractivity contribution in [1.29, 1.82) is 0 Å². The van der Waals surface area contributed by atoms with Crippen molar-refractivity contribution >= 4 is 6.29 Å². The highest BCUT2D eigenvalue weighted by atomic mass is 16.3. The Morgan fingerprint density at radius 2 is 2.33 bits per heavy atom. The molecular formula is C6H13NO2. The van der Waals surface area contributed by atoms with Crippen LogP contribution in [0.5, 0.6) is 0 Å². The molecule has 1 atom stereocenters. The number of aldehydes is 1. The SMILES string of the molecule is C[C@H](CO)N(C)CC=O. The molecule has 0 unspecified atom stereocenters. The molecule has 0 fully saturated rings. The highest BCUT2D eigenvalue weighted by Crippen LogP contribution is 1.89. The Kier molecular flexibility index (Phi) is 4.26. The fourth-order valence-electron chi connectivity index (χ4n) is 0.437. The fraction of sp³-hybridized carbons (Fsp3) is 0.833. The second kappa shape index (κ2) is 4.47. The maximum Gasteiger partial charge on any atom is 0.133 e. The van der Waals surface area contributed by atoms with Gasteiger partial charge in [-0.05, 0) is 14.0 Å². The minimum absolute atomic E-state index is 0.0789. The second-order valence-electron chi connectivity index (χ2n) is 2.14. The number of rotatable bonds is 4. The van der Waals surface area contributed by atoms with Crippen LogP contribution in [-0.2, 0) is 4.79 Å². The van der Waals surface area contributed by atoms with E-state index in [0.717, 1.165) is 6.29 Å². The van der Waals surface area contributed by atoms with Crippen LogP contribution in [-0.4, -0.2) is 42.5 Å². The Morgan fingerprint density at radius 3 is 2.67 bits per heavy atom. The topological polar surface area (TPSA) is 40.5 Å². The zero-order valence-corrected chi connectivity index (χ0v) is 5.87. The lowest BCUT2D eigenvalue weighted by Crippen LogP contribution is -2.33. The van der Waals surface area contributed by atoms with E-state index >= 15 is 0 Å². The van der Waals surface area contributed by atoms with Gasteiger partial charge in [0.05, 0.1) is 13.2 Å². The Balaban J connectivity index is 3.44. The largest absolute Gasteiger partial charge is 0.395 e. The number of hydrogen-bond acceptors (Lipinski definition) is 3. The summed E-state index contributed by atoms with van der Waals surface area (Å²) in [5.74, 6) is 0. The van der Waals surface area contributed by atoms with Gasteiger partial charge in [-0.3, -0.25) is 4.90 Å². The highest BCUT2D eigenvalue weighted by molar-refractivity contribution is 5.51. The Bertz CT molecular complexity index is 85.1. The third-order valence-electron chi connectivity index (χ3n) is 1.38. The third-order valence-corrected chi connectivity index (χ3v) is 1.38. The van der Waals surface area contributed by atoms with Gasteiger partial charge < -0.3 is 9.90 Å². The number of aliphatic hydroxyl groups excluding tert-OH is 1. The van der Waals surface area contributed by atoms with Crippen LogP contribution in [0, 0.1) is 0 Å². The van der Waals surface area contributed by atoms with Gasteiger partial charge in [-0.15, -0.1) is 0 Å². The van der Waals surface area contributed by atoms with Crippen LogP contribution in [0.4, 0.5) is 0 Å². The summed E-state index contributed by atoms with van der Waals surface area (Å²) in [6.07, 6.45) is 0.826. The molecule has 3 heteroatoms. The van der Waals surface area contributed by atoms with Crippen molar-refractivity contribution in [1.82, 2.24) is 4.90 Å². The van der Waals surface area contributed by atoms with E-state index in [0.29, 0.717) is 6.54 Å². The molecule has 0 aliphatic heterocycles. The van der Waals surface area contributed by atoms with Crippen molar-refractivity contribution < 1.29 is 9.90 Å². The minimum atomic E-state index is 0.0789. The molecule has 54 valence electrons. The van der Waals surface area contributed by atoms with Crippen molar-refractivity contribution in [3.05, 3.63) is 0 Å². The van der Waals surface area contributed by atoms with Crippen molar-refractivity contribution in [2.24, 2.45) is 0 Å². The predicted molar refractivity (Wildman–Crippen MR) is 35.2 cm³/mol. The summed E-state index contributed by atoms with van der Waals surface area (Å²) in [4.78, 5) is 11.7. The number of hydrogen-bond donors (Lipinski definition) is 1. The first-order chi connectivity index (χ1) is 4.22. The van der Waals surface area contributed by atoms with Crippen LogP contribution >= 0.6 is 0 Å². The first kappa shape index (κ1) is 8.59. The summed E-state index contributed by atoms with van der Waals surface area (Å²) in [5.41, 5.74) is 0. The Labute approximate surface area is 55.3 Å². The summed E-state index contributed by atoms with van der Waals surface area (Å²) < 4.78 is 0. The van der Waals surface area contributed by atoms with Gasteiger partial charge in [0, 0.05) is 6.04 Å². The van der Waals surface area contributed by atoms with E-state index in [4.69, 9.17) is 5.11 Å². The molecule has 0 radical (unpaired) electrons. The van der Waals surface area contributed by atoms with E-state index in [1.807, 2.05) is 6.92 Å². The predicted octanol–water partition coefficient (Wildman–Crippen LogP) is -0.502. The molecule has 0 bridgehead atoms. The van der Waals surface area contributed by atoms with Crippen LogP contribution in [0.15, 0.2) is 0 Å². The second-order valence-corrected chi connectivity index (χ2v) is 2.14. The lowest BCUT2D eigenvalue weighted by atomic mass is 10.3. The summed E-state index contributed by atoms with van der Waals surface area (Å²) in [5, 5.41) is 8.57.